The Balaban J connectivity index is 1.67. The molecule has 7 heteroatoms. The minimum Gasteiger partial charge on any atom is -0.496 e. The van der Waals surface area contributed by atoms with E-state index >= 15 is 0 Å². The number of amides is 1. The molecule has 6 nitrogen and oxygen atoms in total. The average Bonchev–Trinajstić information content (AvgIpc) is 3.19. The molecular formula is C23H26N2O4S. The van der Waals surface area contributed by atoms with Crippen LogP contribution in [0.15, 0.2) is 48.7 Å². The second kappa shape index (κ2) is 9.71. The number of hydrogen-bond acceptors (Lipinski definition) is 4. The van der Waals surface area contributed by atoms with Gasteiger partial charge in [-0.25, -0.2) is 0 Å². The van der Waals surface area contributed by atoms with Crippen LogP contribution in [0.1, 0.15) is 35.3 Å². The quantitative estimate of drug-likeness (QED) is 0.530. The summed E-state index contributed by atoms with van der Waals surface area (Å²) in [4.78, 5) is 29.3. The predicted octanol–water partition coefficient (Wildman–Crippen LogP) is 3.68. The molecule has 0 aliphatic carbocycles. The normalized spacial score (nSPS) is 12.0. The number of aromatic nitrogens is 1. The first-order valence-corrected chi connectivity index (χ1v) is 11.3. The van der Waals surface area contributed by atoms with Crippen LogP contribution in [-0.4, -0.2) is 45.2 Å². The fraction of sp³-hybridized carbons (Fsp3) is 0.304. The molecule has 1 unspecified atom stereocenters. The zero-order valence-corrected chi connectivity index (χ0v) is 18.3. The zero-order valence-electron chi connectivity index (χ0n) is 17.4. The average molecular weight is 427 g/mol. The number of ether oxygens (including phenoxy) is 1. The van der Waals surface area contributed by atoms with Gasteiger partial charge < -0.3 is 14.6 Å². The van der Waals surface area contributed by atoms with Crippen LogP contribution < -0.4 is 4.74 Å². The highest BCUT2D eigenvalue weighted by Gasteiger charge is 2.18. The second-order valence-corrected chi connectivity index (χ2v) is 8.58. The van der Waals surface area contributed by atoms with Crippen LogP contribution in [0, 0.1) is 0 Å². The first-order chi connectivity index (χ1) is 14.4. The molecule has 3 rings (SSSR count). The number of nitrogens with one attached hydrogen (secondary N) is 1. The van der Waals surface area contributed by atoms with Crippen LogP contribution in [0.25, 0.3) is 10.9 Å². The highest BCUT2D eigenvalue weighted by atomic mass is 32.2. The zero-order chi connectivity index (χ0) is 21.7. The molecule has 0 bridgehead atoms. The van der Waals surface area contributed by atoms with E-state index < -0.39 is 10.8 Å². The Morgan fingerprint density at radius 1 is 1.13 bits per heavy atom. The number of methoxy groups -OCH3 is 1. The third-order valence-electron chi connectivity index (χ3n) is 5.01. The summed E-state index contributed by atoms with van der Waals surface area (Å²) in [5.74, 6) is 0.410. The smallest absolute Gasteiger partial charge is 0.235 e. The van der Waals surface area contributed by atoms with Gasteiger partial charge in [0, 0.05) is 46.7 Å². The minimum absolute atomic E-state index is 0.0719. The highest BCUT2D eigenvalue weighted by molar-refractivity contribution is 7.84. The SMILES string of the molecule is CCN(Cc1ccc2[nH]ccc2c1)C(=O)CS(=O)Cc1cc(C(C)=O)ccc1OC. The van der Waals surface area contributed by atoms with Gasteiger partial charge in [0.2, 0.25) is 5.91 Å². The molecule has 1 N–H and O–H groups in total. The van der Waals surface area contributed by atoms with E-state index in [-0.39, 0.29) is 23.2 Å². The van der Waals surface area contributed by atoms with E-state index in [1.165, 1.54) is 14.0 Å². The molecule has 1 aromatic heterocycles. The molecule has 30 heavy (non-hydrogen) atoms. The Morgan fingerprint density at radius 2 is 1.93 bits per heavy atom. The standard InChI is InChI=1S/C23H26N2O4S/c1-4-25(13-17-5-7-21-19(11-17)9-10-24-21)23(27)15-30(28)14-20-12-18(16(2)26)6-8-22(20)29-3/h5-12,24H,4,13-15H2,1-3H3. The fourth-order valence-corrected chi connectivity index (χ4v) is 4.49. The number of hydrogen-bond donors (Lipinski definition) is 1. The van der Waals surface area contributed by atoms with Gasteiger partial charge in [0.05, 0.1) is 12.9 Å². The third-order valence-corrected chi connectivity index (χ3v) is 6.22. The molecule has 158 valence electrons. The monoisotopic (exact) mass is 426 g/mol. The lowest BCUT2D eigenvalue weighted by Crippen LogP contribution is -2.34. The summed E-state index contributed by atoms with van der Waals surface area (Å²) in [5, 5.41) is 1.09. The fourth-order valence-electron chi connectivity index (χ4n) is 3.36. The van der Waals surface area contributed by atoms with Gasteiger partial charge in [-0.2, -0.15) is 0 Å². The van der Waals surface area contributed by atoms with Gasteiger partial charge in [0.15, 0.2) is 5.78 Å². The Kier molecular flexibility index (Phi) is 7.05. The van der Waals surface area contributed by atoms with Crippen molar-refractivity contribution >= 4 is 33.4 Å². The lowest BCUT2D eigenvalue weighted by molar-refractivity contribution is -0.128. The van der Waals surface area contributed by atoms with Crippen LogP contribution in [0.2, 0.25) is 0 Å². The Hall–Kier alpha value is -2.93. The van der Waals surface area contributed by atoms with Crippen molar-refractivity contribution < 1.29 is 18.5 Å². The molecule has 1 atom stereocenters. The molecule has 1 amide bonds. The molecule has 0 aliphatic heterocycles. The summed E-state index contributed by atoms with van der Waals surface area (Å²) >= 11 is 0. The molecule has 0 saturated carbocycles. The minimum atomic E-state index is -1.42. The van der Waals surface area contributed by atoms with Crippen LogP contribution in [-0.2, 0) is 27.9 Å². The summed E-state index contributed by atoms with van der Waals surface area (Å²) < 4.78 is 18.0. The molecular weight excluding hydrogens is 400 g/mol. The maximum Gasteiger partial charge on any atom is 0.235 e. The Morgan fingerprint density at radius 3 is 2.63 bits per heavy atom. The summed E-state index contributed by atoms with van der Waals surface area (Å²) in [6.07, 6.45) is 1.88. The lowest BCUT2D eigenvalue weighted by atomic mass is 10.1. The van der Waals surface area contributed by atoms with Gasteiger partial charge in [-0.15, -0.1) is 0 Å². The van der Waals surface area contributed by atoms with Crippen molar-refractivity contribution in [3.63, 3.8) is 0 Å². The van der Waals surface area contributed by atoms with Crippen molar-refractivity contribution in [1.29, 1.82) is 0 Å². The lowest BCUT2D eigenvalue weighted by Gasteiger charge is -2.21. The largest absolute Gasteiger partial charge is 0.496 e. The van der Waals surface area contributed by atoms with E-state index in [1.807, 2.05) is 31.3 Å². The Bertz CT molecular complexity index is 1090. The Labute approximate surface area is 178 Å². The topological polar surface area (TPSA) is 79.5 Å². The van der Waals surface area contributed by atoms with Gasteiger partial charge in [-0.05, 0) is 61.2 Å². The van der Waals surface area contributed by atoms with E-state index in [1.54, 1.807) is 23.1 Å². The summed E-state index contributed by atoms with van der Waals surface area (Å²) in [7, 11) is 0.110. The molecule has 0 saturated heterocycles. The van der Waals surface area contributed by atoms with Crippen molar-refractivity contribution in [2.24, 2.45) is 0 Å². The molecule has 1 heterocycles. The number of carbonyl (C=O) groups excluding carboxylic acids is 2. The molecule has 2 aromatic carbocycles. The summed E-state index contributed by atoms with van der Waals surface area (Å²) in [6.45, 7) is 4.40. The number of ketones is 1. The first-order valence-electron chi connectivity index (χ1n) is 9.78. The number of rotatable bonds is 9. The van der Waals surface area contributed by atoms with Crippen molar-refractivity contribution in [1.82, 2.24) is 9.88 Å². The number of H-pyrrole nitrogens is 1. The van der Waals surface area contributed by atoms with Gasteiger partial charge in [-0.3, -0.25) is 13.8 Å². The van der Waals surface area contributed by atoms with Crippen molar-refractivity contribution in [2.45, 2.75) is 26.1 Å². The molecule has 3 aromatic rings. The van der Waals surface area contributed by atoms with Crippen LogP contribution in [0.5, 0.6) is 5.75 Å². The number of nitrogens with zero attached hydrogens (tertiary/aromatic N) is 1. The van der Waals surface area contributed by atoms with E-state index in [2.05, 4.69) is 11.1 Å². The number of carbonyl (C=O) groups is 2. The highest BCUT2D eigenvalue weighted by Crippen LogP contribution is 2.22. The number of fused-ring (bicyclic) bond motifs is 1. The maximum absolute atomic E-state index is 12.8. The number of benzene rings is 2. The third kappa shape index (κ3) is 5.16. The molecule has 0 fully saturated rings. The first kappa shape index (κ1) is 21.8. The van der Waals surface area contributed by atoms with Gasteiger partial charge >= 0.3 is 0 Å². The van der Waals surface area contributed by atoms with Crippen molar-refractivity contribution in [2.75, 3.05) is 19.4 Å². The maximum atomic E-state index is 12.8. The number of aromatic amines is 1. The van der Waals surface area contributed by atoms with Crippen LogP contribution >= 0.6 is 0 Å². The van der Waals surface area contributed by atoms with Gasteiger partial charge in [-0.1, -0.05) is 6.07 Å². The molecule has 0 aliphatic rings. The summed E-state index contributed by atoms with van der Waals surface area (Å²) in [6, 6.07) is 13.1. The van der Waals surface area contributed by atoms with E-state index in [0.717, 1.165) is 16.5 Å². The predicted molar refractivity (Wildman–Crippen MR) is 119 cm³/mol. The summed E-state index contributed by atoms with van der Waals surface area (Å²) in [5.41, 5.74) is 3.27. The van der Waals surface area contributed by atoms with Crippen LogP contribution in [0.4, 0.5) is 0 Å². The molecule has 0 spiro atoms. The van der Waals surface area contributed by atoms with Crippen LogP contribution in [0.3, 0.4) is 0 Å². The second-order valence-electron chi connectivity index (χ2n) is 7.12. The molecule has 0 radical (unpaired) electrons. The van der Waals surface area contributed by atoms with E-state index in [4.69, 9.17) is 4.74 Å². The van der Waals surface area contributed by atoms with Gasteiger partial charge in [0.25, 0.3) is 0 Å². The van der Waals surface area contributed by atoms with Gasteiger partial charge in [0.1, 0.15) is 11.5 Å². The van der Waals surface area contributed by atoms with E-state index in [9.17, 15) is 13.8 Å². The van der Waals surface area contributed by atoms with E-state index in [0.29, 0.717) is 30.0 Å². The van der Waals surface area contributed by atoms with Crippen molar-refractivity contribution in [3.8, 4) is 5.75 Å². The van der Waals surface area contributed by atoms with Crippen molar-refractivity contribution in [3.05, 3.63) is 65.4 Å². The number of Topliss-reactive ketones (excluding diaryl/α,β-unsaturated/α-hetero) is 1.